The quantitative estimate of drug-likeness (QED) is 0.758. The molecule has 1 heterocycles. The number of likely N-dealkylation sites (tertiary alicyclic amines) is 1. The van der Waals surface area contributed by atoms with Gasteiger partial charge in [-0.25, -0.2) is 8.78 Å². The van der Waals surface area contributed by atoms with Crippen molar-refractivity contribution in [3.63, 3.8) is 0 Å². The van der Waals surface area contributed by atoms with Crippen molar-refractivity contribution in [3.8, 4) is 0 Å². The van der Waals surface area contributed by atoms with Crippen LogP contribution in [0.3, 0.4) is 0 Å². The fourth-order valence-corrected chi connectivity index (χ4v) is 3.60. The van der Waals surface area contributed by atoms with Crippen LogP contribution >= 0.6 is 0 Å². The maximum absolute atomic E-state index is 14.0. The van der Waals surface area contributed by atoms with Crippen LogP contribution in [0.4, 0.5) is 8.78 Å². The number of amides is 2. The molecule has 1 saturated heterocycles. The molecule has 2 aromatic rings. The fourth-order valence-electron chi connectivity index (χ4n) is 3.60. The van der Waals surface area contributed by atoms with Gasteiger partial charge in [0, 0.05) is 49.3 Å². The van der Waals surface area contributed by atoms with Gasteiger partial charge in [-0.05, 0) is 43.0 Å². The summed E-state index contributed by atoms with van der Waals surface area (Å²) in [7, 11) is 0. The normalized spacial score (nSPS) is 16.5. The molecule has 28 heavy (non-hydrogen) atoms. The monoisotopic (exact) mass is 384 g/mol. The van der Waals surface area contributed by atoms with Crippen molar-refractivity contribution in [1.29, 1.82) is 0 Å². The van der Waals surface area contributed by atoms with Crippen molar-refractivity contribution in [1.82, 2.24) is 9.80 Å². The van der Waals surface area contributed by atoms with Gasteiger partial charge in [0.05, 0.1) is 0 Å². The van der Waals surface area contributed by atoms with Crippen LogP contribution in [0.25, 0.3) is 0 Å². The highest BCUT2D eigenvalue weighted by molar-refractivity contribution is 5.94. The summed E-state index contributed by atoms with van der Waals surface area (Å²) in [5, 5.41) is 0. The van der Waals surface area contributed by atoms with Crippen molar-refractivity contribution in [3.05, 3.63) is 70.8 Å². The van der Waals surface area contributed by atoms with E-state index in [0.29, 0.717) is 24.1 Å². The van der Waals surface area contributed by atoms with Crippen molar-refractivity contribution in [2.75, 3.05) is 6.54 Å². The summed E-state index contributed by atoms with van der Waals surface area (Å²) in [5.41, 5.74) is 1.83. The molecule has 2 aliphatic rings. The van der Waals surface area contributed by atoms with Gasteiger partial charge in [0.25, 0.3) is 5.91 Å². The zero-order valence-corrected chi connectivity index (χ0v) is 15.5. The molecular weight excluding hydrogens is 362 g/mol. The molecule has 0 aromatic heterocycles. The summed E-state index contributed by atoms with van der Waals surface area (Å²) in [4.78, 5) is 28.2. The van der Waals surface area contributed by atoms with Crippen LogP contribution in [0.1, 0.15) is 47.2 Å². The third-order valence-corrected chi connectivity index (χ3v) is 5.35. The van der Waals surface area contributed by atoms with Crippen molar-refractivity contribution >= 4 is 11.8 Å². The van der Waals surface area contributed by atoms with E-state index in [1.807, 2.05) is 17.0 Å². The summed E-state index contributed by atoms with van der Waals surface area (Å²) in [6.07, 6.45) is 3.28. The average molecular weight is 384 g/mol. The van der Waals surface area contributed by atoms with Gasteiger partial charge in [-0.2, -0.15) is 0 Å². The van der Waals surface area contributed by atoms with Crippen LogP contribution in [0.5, 0.6) is 0 Å². The summed E-state index contributed by atoms with van der Waals surface area (Å²) >= 11 is 0. The molecule has 1 aliphatic heterocycles. The first-order valence-corrected chi connectivity index (χ1v) is 9.63. The van der Waals surface area contributed by atoms with Gasteiger partial charge < -0.3 is 9.80 Å². The lowest BCUT2D eigenvalue weighted by molar-refractivity contribution is -0.128. The Balaban J connectivity index is 1.47. The Labute approximate surface area is 162 Å². The number of halogens is 2. The first kappa shape index (κ1) is 18.6. The highest BCUT2D eigenvalue weighted by Gasteiger charge is 2.33. The minimum Gasteiger partial charge on any atom is -0.338 e. The standard InChI is InChI=1S/C22H22F2N2O2/c23-18-8-7-17(20(24)12-18)14-26(19-9-10-19)22(28)16-5-3-15(4-6-16)13-25-11-1-2-21(25)27/h3-8,12,19H,1-2,9-11,13-14H2. The molecule has 146 valence electrons. The van der Waals surface area contributed by atoms with Crippen LogP contribution in [-0.2, 0) is 17.9 Å². The van der Waals surface area contributed by atoms with Gasteiger partial charge in [-0.3, -0.25) is 9.59 Å². The highest BCUT2D eigenvalue weighted by atomic mass is 19.1. The Kier molecular flexibility index (Phi) is 5.11. The molecule has 4 nitrogen and oxygen atoms in total. The average Bonchev–Trinajstić information content (AvgIpc) is 3.44. The predicted molar refractivity (Wildman–Crippen MR) is 100 cm³/mol. The lowest BCUT2D eigenvalue weighted by Crippen LogP contribution is -2.33. The summed E-state index contributed by atoms with van der Waals surface area (Å²) in [6, 6.07) is 10.8. The van der Waals surface area contributed by atoms with Gasteiger partial charge in [0.1, 0.15) is 11.6 Å². The molecule has 0 spiro atoms. The topological polar surface area (TPSA) is 40.6 Å². The minimum absolute atomic E-state index is 0.0962. The molecule has 0 bridgehead atoms. The Morgan fingerprint density at radius 1 is 1.11 bits per heavy atom. The van der Waals surface area contributed by atoms with Gasteiger partial charge in [-0.15, -0.1) is 0 Å². The molecule has 0 radical (unpaired) electrons. The summed E-state index contributed by atoms with van der Waals surface area (Å²) in [6.45, 7) is 1.46. The zero-order chi connectivity index (χ0) is 19.7. The van der Waals surface area contributed by atoms with Crippen molar-refractivity contribution in [2.45, 2.75) is 44.8 Å². The Morgan fingerprint density at radius 2 is 1.86 bits per heavy atom. The predicted octanol–water partition coefficient (Wildman–Crippen LogP) is 3.89. The Bertz CT molecular complexity index is 894. The minimum atomic E-state index is -0.635. The van der Waals surface area contributed by atoms with E-state index >= 15 is 0 Å². The van der Waals surface area contributed by atoms with E-state index in [4.69, 9.17) is 0 Å². The van der Waals surface area contributed by atoms with Crippen LogP contribution in [0.15, 0.2) is 42.5 Å². The summed E-state index contributed by atoms with van der Waals surface area (Å²) < 4.78 is 27.2. The summed E-state index contributed by atoms with van der Waals surface area (Å²) in [5.74, 6) is -1.25. The lowest BCUT2D eigenvalue weighted by Gasteiger charge is -2.23. The molecule has 1 saturated carbocycles. The van der Waals surface area contributed by atoms with Gasteiger partial charge in [0.2, 0.25) is 5.91 Å². The van der Waals surface area contributed by atoms with Gasteiger partial charge in [0.15, 0.2) is 0 Å². The molecule has 0 unspecified atom stereocenters. The van der Waals surface area contributed by atoms with Gasteiger partial charge >= 0.3 is 0 Å². The second-order valence-electron chi connectivity index (χ2n) is 7.52. The number of hydrogen-bond donors (Lipinski definition) is 0. The molecule has 1 aliphatic carbocycles. The lowest BCUT2D eigenvalue weighted by atomic mass is 10.1. The largest absolute Gasteiger partial charge is 0.338 e. The Hall–Kier alpha value is -2.76. The second kappa shape index (κ2) is 7.70. The van der Waals surface area contributed by atoms with E-state index in [1.165, 1.54) is 12.1 Å². The zero-order valence-electron chi connectivity index (χ0n) is 15.5. The molecule has 4 rings (SSSR count). The first-order chi connectivity index (χ1) is 13.5. The van der Waals surface area contributed by atoms with Crippen LogP contribution in [0, 0.1) is 11.6 Å². The van der Waals surface area contributed by atoms with E-state index in [-0.39, 0.29) is 24.4 Å². The van der Waals surface area contributed by atoms with Crippen LogP contribution in [-0.4, -0.2) is 34.2 Å². The SMILES string of the molecule is O=C1CCCN1Cc1ccc(C(=O)N(Cc2ccc(F)cc2F)C2CC2)cc1. The number of hydrogen-bond acceptors (Lipinski definition) is 2. The molecule has 2 fully saturated rings. The van der Waals surface area contributed by atoms with Crippen molar-refractivity contribution < 1.29 is 18.4 Å². The number of carbonyl (C=O) groups excluding carboxylic acids is 2. The molecule has 2 aromatic carbocycles. The molecular formula is C22H22F2N2O2. The third-order valence-electron chi connectivity index (χ3n) is 5.35. The number of carbonyl (C=O) groups is 2. The van der Waals surface area contributed by atoms with E-state index in [1.54, 1.807) is 17.0 Å². The number of benzene rings is 2. The molecule has 2 amide bonds. The highest BCUT2D eigenvalue weighted by Crippen LogP contribution is 2.30. The molecule has 0 atom stereocenters. The second-order valence-corrected chi connectivity index (χ2v) is 7.52. The molecule has 6 heteroatoms. The number of rotatable bonds is 6. The van der Waals surface area contributed by atoms with Crippen molar-refractivity contribution in [2.24, 2.45) is 0 Å². The van der Waals surface area contributed by atoms with E-state index in [0.717, 1.165) is 37.4 Å². The van der Waals surface area contributed by atoms with Crippen LogP contribution in [0.2, 0.25) is 0 Å². The molecule has 0 N–H and O–H groups in total. The van der Waals surface area contributed by atoms with Crippen LogP contribution < -0.4 is 0 Å². The fraction of sp³-hybridized carbons (Fsp3) is 0.364. The van der Waals surface area contributed by atoms with E-state index < -0.39 is 11.6 Å². The van der Waals surface area contributed by atoms with E-state index in [9.17, 15) is 18.4 Å². The maximum atomic E-state index is 14.0. The van der Waals surface area contributed by atoms with Gasteiger partial charge in [-0.1, -0.05) is 18.2 Å². The maximum Gasteiger partial charge on any atom is 0.254 e. The third kappa shape index (κ3) is 4.06. The smallest absolute Gasteiger partial charge is 0.254 e. The van der Waals surface area contributed by atoms with E-state index in [2.05, 4.69) is 0 Å². The Morgan fingerprint density at radius 3 is 2.46 bits per heavy atom. The first-order valence-electron chi connectivity index (χ1n) is 9.63. The number of nitrogens with zero attached hydrogens (tertiary/aromatic N) is 2.